The van der Waals surface area contributed by atoms with Gasteiger partial charge < -0.3 is 15.4 Å². The van der Waals surface area contributed by atoms with Crippen LogP contribution in [0.1, 0.15) is 24.0 Å². The van der Waals surface area contributed by atoms with Crippen LogP contribution in [0.4, 0.5) is 10.5 Å². The number of hydrogen-bond acceptors (Lipinski definition) is 2. The maximum atomic E-state index is 11.8. The largest absolute Gasteiger partial charge is 0.381 e. The zero-order valence-electron chi connectivity index (χ0n) is 11.5. The number of anilines is 1. The van der Waals surface area contributed by atoms with Gasteiger partial charge in [-0.1, -0.05) is 6.07 Å². The second-order valence-electron chi connectivity index (χ2n) is 4.81. The van der Waals surface area contributed by atoms with Crippen molar-refractivity contribution in [3.05, 3.63) is 41.1 Å². The van der Waals surface area contributed by atoms with Crippen molar-refractivity contribution in [1.82, 2.24) is 5.32 Å². The van der Waals surface area contributed by atoms with Crippen molar-refractivity contribution in [2.45, 2.75) is 26.7 Å². The number of urea groups is 1. The molecule has 19 heavy (non-hydrogen) atoms. The average Bonchev–Trinajstić information content (AvgIpc) is 2.42. The number of nitrogens with one attached hydrogen (secondary N) is 2. The van der Waals surface area contributed by atoms with E-state index in [2.05, 4.69) is 17.6 Å². The van der Waals surface area contributed by atoms with Gasteiger partial charge in [-0.3, -0.25) is 0 Å². The fourth-order valence-corrected chi connectivity index (χ4v) is 1.93. The molecule has 1 heterocycles. The molecule has 1 aromatic rings. The number of carbonyl (C=O) groups excluding carboxylic acids is 1. The first-order valence-electron chi connectivity index (χ1n) is 6.55. The molecule has 1 saturated heterocycles. The van der Waals surface area contributed by atoms with Gasteiger partial charge in [0.05, 0.1) is 13.2 Å². The zero-order chi connectivity index (χ0) is 13.7. The summed E-state index contributed by atoms with van der Waals surface area (Å²) in [6.07, 6.45) is 3.58. The second kappa shape index (κ2) is 6.38. The Morgan fingerprint density at radius 3 is 2.63 bits per heavy atom. The molecule has 0 aliphatic carbocycles. The Kier molecular flexibility index (Phi) is 4.58. The van der Waals surface area contributed by atoms with Crippen LogP contribution >= 0.6 is 0 Å². The molecule has 0 aromatic heterocycles. The van der Waals surface area contributed by atoms with Gasteiger partial charge in [-0.2, -0.15) is 0 Å². The van der Waals surface area contributed by atoms with Gasteiger partial charge in [-0.15, -0.1) is 0 Å². The van der Waals surface area contributed by atoms with Crippen molar-refractivity contribution in [1.29, 1.82) is 0 Å². The third-order valence-electron chi connectivity index (χ3n) is 3.31. The van der Waals surface area contributed by atoms with Crippen molar-refractivity contribution < 1.29 is 9.53 Å². The van der Waals surface area contributed by atoms with Crippen LogP contribution in [0.2, 0.25) is 0 Å². The summed E-state index contributed by atoms with van der Waals surface area (Å²) >= 11 is 0. The molecule has 0 saturated carbocycles. The fourth-order valence-electron chi connectivity index (χ4n) is 1.93. The van der Waals surface area contributed by atoms with E-state index in [0.717, 1.165) is 31.7 Å². The second-order valence-corrected chi connectivity index (χ2v) is 4.81. The smallest absolute Gasteiger partial charge is 0.323 e. The first-order valence-corrected chi connectivity index (χ1v) is 6.55. The van der Waals surface area contributed by atoms with Gasteiger partial charge >= 0.3 is 6.03 Å². The molecule has 102 valence electrons. The number of hydrogen-bond donors (Lipinski definition) is 2. The number of aryl methyl sites for hydroxylation is 2. The van der Waals surface area contributed by atoms with Crippen LogP contribution in [0.5, 0.6) is 0 Å². The molecule has 1 aliphatic rings. The molecule has 1 aromatic carbocycles. The van der Waals surface area contributed by atoms with Crippen LogP contribution < -0.4 is 10.6 Å². The highest BCUT2D eigenvalue weighted by atomic mass is 16.5. The summed E-state index contributed by atoms with van der Waals surface area (Å²) in [4.78, 5) is 11.8. The summed E-state index contributed by atoms with van der Waals surface area (Å²) in [5.74, 6) is 0. The highest BCUT2D eigenvalue weighted by molar-refractivity contribution is 5.90. The Labute approximate surface area is 113 Å². The third-order valence-corrected chi connectivity index (χ3v) is 3.31. The van der Waals surface area contributed by atoms with Crippen LogP contribution in [-0.4, -0.2) is 19.2 Å². The maximum Gasteiger partial charge on any atom is 0.323 e. The van der Waals surface area contributed by atoms with E-state index in [1.807, 2.05) is 25.1 Å². The first-order chi connectivity index (χ1) is 9.15. The molecule has 2 rings (SSSR count). The Morgan fingerprint density at radius 2 is 1.95 bits per heavy atom. The molecule has 0 radical (unpaired) electrons. The Hall–Kier alpha value is -1.81. The maximum absolute atomic E-state index is 11.8. The van der Waals surface area contributed by atoms with E-state index < -0.39 is 0 Å². The molecule has 1 aliphatic heterocycles. The molecular weight excluding hydrogens is 240 g/mol. The molecule has 2 amide bonds. The monoisotopic (exact) mass is 260 g/mol. The number of rotatable bonds is 2. The predicted molar refractivity (Wildman–Crippen MR) is 76.2 cm³/mol. The Bertz CT molecular complexity index is 487. The van der Waals surface area contributed by atoms with Gasteiger partial charge in [0.25, 0.3) is 0 Å². The lowest BCUT2D eigenvalue weighted by Crippen LogP contribution is -2.25. The van der Waals surface area contributed by atoms with Crippen LogP contribution in [0.3, 0.4) is 0 Å². The van der Waals surface area contributed by atoms with Crippen LogP contribution in [0.25, 0.3) is 0 Å². The topological polar surface area (TPSA) is 50.4 Å². The lowest BCUT2D eigenvalue weighted by Gasteiger charge is -2.14. The fraction of sp³-hybridized carbons (Fsp3) is 0.400. The highest BCUT2D eigenvalue weighted by Gasteiger charge is 2.06. The number of ether oxygens (including phenoxy) is 1. The Morgan fingerprint density at radius 1 is 1.21 bits per heavy atom. The van der Waals surface area contributed by atoms with Gasteiger partial charge in [0.2, 0.25) is 0 Å². The number of benzene rings is 1. The molecular formula is C15H20N2O2. The summed E-state index contributed by atoms with van der Waals surface area (Å²) in [7, 11) is 0. The minimum atomic E-state index is -0.206. The summed E-state index contributed by atoms with van der Waals surface area (Å²) in [5, 5.41) is 5.59. The van der Waals surface area contributed by atoms with E-state index in [4.69, 9.17) is 4.74 Å². The van der Waals surface area contributed by atoms with Crippen molar-refractivity contribution in [2.75, 3.05) is 18.5 Å². The van der Waals surface area contributed by atoms with Crippen LogP contribution in [-0.2, 0) is 4.74 Å². The molecule has 1 fully saturated rings. The average molecular weight is 260 g/mol. The number of amides is 2. The van der Waals surface area contributed by atoms with E-state index in [1.165, 1.54) is 16.7 Å². The molecule has 0 bridgehead atoms. The number of carbonyl (C=O) groups is 1. The SMILES string of the molecule is Cc1ccc(NC(=O)NC=C2CCOCC2)cc1C. The summed E-state index contributed by atoms with van der Waals surface area (Å²) in [6, 6.07) is 5.67. The standard InChI is InChI=1S/C15H20N2O2/c1-11-3-4-14(9-12(11)2)17-15(18)16-10-13-5-7-19-8-6-13/h3-4,9-10H,5-8H2,1-2H3,(H2,16,17,18). The van der Waals surface area contributed by atoms with Crippen LogP contribution in [0.15, 0.2) is 30.0 Å². The molecule has 2 N–H and O–H groups in total. The third kappa shape index (κ3) is 4.10. The summed E-state index contributed by atoms with van der Waals surface area (Å²) < 4.78 is 5.26. The minimum Gasteiger partial charge on any atom is -0.381 e. The molecule has 0 atom stereocenters. The Balaban J connectivity index is 1.88. The van der Waals surface area contributed by atoms with Crippen LogP contribution in [0, 0.1) is 13.8 Å². The highest BCUT2D eigenvalue weighted by Crippen LogP contribution is 2.14. The molecule has 4 nitrogen and oxygen atoms in total. The van der Waals surface area contributed by atoms with Gasteiger partial charge in [0, 0.05) is 11.9 Å². The molecule has 0 spiro atoms. The minimum absolute atomic E-state index is 0.206. The summed E-state index contributed by atoms with van der Waals surface area (Å²) in [5.41, 5.74) is 4.42. The van der Waals surface area contributed by atoms with E-state index in [0.29, 0.717) is 0 Å². The van der Waals surface area contributed by atoms with Gasteiger partial charge in [-0.05, 0) is 55.5 Å². The van der Waals surface area contributed by atoms with Crippen molar-refractivity contribution in [3.8, 4) is 0 Å². The first kappa shape index (κ1) is 13.6. The van der Waals surface area contributed by atoms with E-state index in [9.17, 15) is 4.79 Å². The van der Waals surface area contributed by atoms with E-state index in [1.54, 1.807) is 6.20 Å². The van der Waals surface area contributed by atoms with Crippen molar-refractivity contribution in [3.63, 3.8) is 0 Å². The molecule has 0 unspecified atom stereocenters. The van der Waals surface area contributed by atoms with E-state index in [-0.39, 0.29) is 6.03 Å². The van der Waals surface area contributed by atoms with Gasteiger partial charge in [-0.25, -0.2) is 4.79 Å². The zero-order valence-corrected chi connectivity index (χ0v) is 11.5. The van der Waals surface area contributed by atoms with Gasteiger partial charge in [0.15, 0.2) is 0 Å². The lowest BCUT2D eigenvalue weighted by molar-refractivity contribution is 0.119. The summed E-state index contributed by atoms with van der Waals surface area (Å²) in [6.45, 7) is 5.57. The normalized spacial score (nSPS) is 14.9. The van der Waals surface area contributed by atoms with E-state index >= 15 is 0 Å². The van der Waals surface area contributed by atoms with Crippen molar-refractivity contribution >= 4 is 11.7 Å². The van der Waals surface area contributed by atoms with Gasteiger partial charge in [0.1, 0.15) is 0 Å². The van der Waals surface area contributed by atoms with Crippen molar-refractivity contribution in [2.24, 2.45) is 0 Å². The lowest BCUT2D eigenvalue weighted by atomic mass is 10.1. The predicted octanol–water partition coefficient (Wildman–Crippen LogP) is 3.12. The quantitative estimate of drug-likeness (QED) is 0.858. The molecule has 4 heteroatoms.